The first kappa shape index (κ1) is 23.6. The molecule has 7 heteroatoms. The van der Waals surface area contributed by atoms with Gasteiger partial charge in [-0.2, -0.15) is 0 Å². The molecule has 0 spiro atoms. The maximum absolute atomic E-state index is 12.1. The Kier molecular flexibility index (Phi) is 6.45. The summed E-state index contributed by atoms with van der Waals surface area (Å²) in [5.41, 5.74) is 3.57. The molecule has 170 valence electrons. The van der Waals surface area contributed by atoms with Crippen molar-refractivity contribution >= 4 is 46.3 Å². The van der Waals surface area contributed by atoms with E-state index in [-0.39, 0.29) is 0 Å². The van der Waals surface area contributed by atoms with Crippen molar-refractivity contribution in [3.05, 3.63) is 75.2 Å². The van der Waals surface area contributed by atoms with E-state index >= 15 is 0 Å². The van der Waals surface area contributed by atoms with Crippen LogP contribution in [0.1, 0.15) is 32.8 Å². The van der Waals surface area contributed by atoms with E-state index in [2.05, 4.69) is 0 Å². The Morgan fingerprint density at radius 3 is 2.27 bits per heavy atom. The fourth-order valence-electron chi connectivity index (χ4n) is 4.06. The lowest BCUT2D eigenvalue weighted by atomic mass is 9.84. The maximum Gasteiger partial charge on any atom is 0.310 e. The molecule has 2 heterocycles. The van der Waals surface area contributed by atoms with Crippen molar-refractivity contribution in [3.8, 4) is 28.3 Å². The van der Waals surface area contributed by atoms with Crippen LogP contribution in [0, 0.1) is 5.92 Å². The molecule has 1 aliphatic heterocycles. The average Bonchev–Trinajstić information content (AvgIpc) is 2.73. The maximum atomic E-state index is 12.1. The molecule has 0 saturated carbocycles. The van der Waals surface area contributed by atoms with Gasteiger partial charge in [0, 0.05) is 26.7 Å². The number of carboxylic acid groups (broad SMARTS) is 1. The summed E-state index contributed by atoms with van der Waals surface area (Å²) < 4.78 is 6.19. The third-order valence-electron chi connectivity index (χ3n) is 5.58. The van der Waals surface area contributed by atoms with Crippen LogP contribution in [0.4, 0.5) is 0 Å². The number of nitrogens with zero attached hydrogens (tertiary/aromatic N) is 1. The molecule has 33 heavy (non-hydrogen) atoms. The normalized spacial score (nSPS) is 15.3. The van der Waals surface area contributed by atoms with Crippen LogP contribution < -0.4 is 4.74 Å². The zero-order valence-corrected chi connectivity index (χ0v) is 20.6. The van der Waals surface area contributed by atoms with Gasteiger partial charge in [0.25, 0.3) is 0 Å². The first-order chi connectivity index (χ1) is 15.6. The Morgan fingerprint density at radius 1 is 1.00 bits per heavy atom. The van der Waals surface area contributed by atoms with Crippen LogP contribution in [0.3, 0.4) is 0 Å². The average molecular weight is 503 g/mol. The topological polar surface area (TPSA) is 59.4 Å². The summed E-state index contributed by atoms with van der Waals surface area (Å²) in [6.45, 7) is 5.62. The molecule has 1 atom stereocenters. The molecule has 4 nitrogen and oxygen atoms in total. The monoisotopic (exact) mass is 501 g/mol. The van der Waals surface area contributed by atoms with Crippen molar-refractivity contribution in [2.45, 2.75) is 32.8 Å². The molecule has 1 N–H and O–H groups in total. The Bertz CT molecular complexity index is 1270. The largest absolute Gasteiger partial charge is 0.481 e. The highest BCUT2D eigenvalue weighted by Crippen LogP contribution is 2.45. The Hall–Kier alpha value is -2.53. The predicted octanol–water partition coefficient (Wildman–Crippen LogP) is 8.04. The highest BCUT2D eigenvalue weighted by molar-refractivity contribution is 6.36. The molecule has 0 aliphatic carbocycles. The van der Waals surface area contributed by atoms with E-state index < -0.39 is 17.5 Å². The minimum atomic E-state index is -0.884. The summed E-state index contributed by atoms with van der Waals surface area (Å²) in [7, 11) is 0. The van der Waals surface area contributed by atoms with Gasteiger partial charge in [0.1, 0.15) is 5.60 Å². The van der Waals surface area contributed by atoms with Gasteiger partial charge in [-0.25, -0.2) is 4.98 Å². The number of hydrogen-bond acceptors (Lipinski definition) is 3. The summed E-state index contributed by atoms with van der Waals surface area (Å²) in [4.78, 5) is 16.9. The number of halogens is 3. The van der Waals surface area contributed by atoms with E-state index in [1.807, 2.05) is 51.1 Å². The number of pyridine rings is 1. The minimum Gasteiger partial charge on any atom is -0.481 e. The number of carbonyl (C=O) groups is 1. The van der Waals surface area contributed by atoms with Gasteiger partial charge in [0.2, 0.25) is 5.88 Å². The molecule has 1 unspecified atom stereocenters. The lowest BCUT2D eigenvalue weighted by molar-refractivity contribution is -0.139. The van der Waals surface area contributed by atoms with Crippen molar-refractivity contribution < 1.29 is 14.6 Å². The van der Waals surface area contributed by atoms with Gasteiger partial charge in [0.15, 0.2) is 0 Å². The molecular formula is C26H22Cl3NO3. The fraction of sp³-hybridized carbons (Fsp3) is 0.231. The van der Waals surface area contributed by atoms with Gasteiger partial charge in [-0.1, -0.05) is 53.9 Å². The SMILES string of the molecule is CCC(C(=O)O)C1=CC(C)(C)Oc2nc(-c3ccc(Cl)cc3Cl)c(-c3ccc(Cl)cc3)cc21. The smallest absolute Gasteiger partial charge is 0.310 e. The second kappa shape index (κ2) is 9.02. The molecule has 0 radical (unpaired) electrons. The van der Waals surface area contributed by atoms with Gasteiger partial charge in [-0.05, 0) is 73.9 Å². The molecule has 0 bridgehead atoms. The summed E-state index contributed by atoms with van der Waals surface area (Å²) in [6.07, 6.45) is 2.32. The summed E-state index contributed by atoms with van der Waals surface area (Å²) in [5.74, 6) is -1.20. The molecule has 1 aliphatic rings. The van der Waals surface area contributed by atoms with Crippen LogP contribution in [0.5, 0.6) is 5.88 Å². The third-order valence-corrected chi connectivity index (χ3v) is 6.38. The number of rotatable bonds is 5. The first-order valence-electron chi connectivity index (χ1n) is 10.5. The Morgan fingerprint density at radius 2 is 1.67 bits per heavy atom. The Labute approximate surface area is 207 Å². The zero-order chi connectivity index (χ0) is 23.9. The molecule has 0 fully saturated rings. The number of ether oxygens (including phenoxy) is 1. The van der Waals surface area contributed by atoms with Crippen LogP contribution in [0.2, 0.25) is 15.1 Å². The number of hydrogen-bond donors (Lipinski definition) is 1. The van der Waals surface area contributed by atoms with Gasteiger partial charge in [-0.15, -0.1) is 0 Å². The highest BCUT2D eigenvalue weighted by Gasteiger charge is 2.34. The van der Waals surface area contributed by atoms with E-state index in [9.17, 15) is 9.90 Å². The molecular weight excluding hydrogens is 481 g/mol. The second-order valence-electron chi connectivity index (χ2n) is 8.47. The van der Waals surface area contributed by atoms with Gasteiger partial charge in [-0.3, -0.25) is 4.79 Å². The predicted molar refractivity (Wildman–Crippen MR) is 134 cm³/mol. The van der Waals surface area contributed by atoms with Gasteiger partial charge >= 0.3 is 5.97 Å². The first-order valence-corrected chi connectivity index (χ1v) is 11.6. The highest BCUT2D eigenvalue weighted by atomic mass is 35.5. The molecule has 2 aromatic carbocycles. The zero-order valence-electron chi connectivity index (χ0n) is 18.3. The van der Waals surface area contributed by atoms with Gasteiger partial charge < -0.3 is 9.84 Å². The van der Waals surface area contributed by atoms with E-state index in [1.54, 1.807) is 24.3 Å². The molecule has 1 aromatic heterocycles. The van der Waals surface area contributed by atoms with E-state index in [0.717, 1.165) is 11.1 Å². The van der Waals surface area contributed by atoms with Crippen molar-refractivity contribution in [2.75, 3.05) is 0 Å². The standard InChI is InChI=1S/C26H22Cl3NO3/c1-4-17(25(31)32)21-13-26(2,3)33-24-20(21)12-19(14-5-7-15(27)8-6-14)23(30-24)18-10-9-16(28)11-22(18)29/h5-13,17H,4H2,1-3H3,(H,31,32). The van der Waals surface area contributed by atoms with Crippen LogP contribution in [-0.4, -0.2) is 21.7 Å². The van der Waals surface area contributed by atoms with Crippen LogP contribution in [0.25, 0.3) is 28.0 Å². The lowest BCUT2D eigenvalue weighted by Gasteiger charge is -2.33. The molecule has 0 saturated heterocycles. The lowest BCUT2D eigenvalue weighted by Crippen LogP contribution is -2.32. The summed E-state index contributed by atoms with van der Waals surface area (Å²) in [5, 5.41) is 11.5. The summed E-state index contributed by atoms with van der Waals surface area (Å²) >= 11 is 18.8. The van der Waals surface area contributed by atoms with E-state index in [0.29, 0.717) is 49.8 Å². The second-order valence-corrected chi connectivity index (χ2v) is 9.75. The number of benzene rings is 2. The van der Waals surface area contributed by atoms with Crippen molar-refractivity contribution in [2.24, 2.45) is 5.92 Å². The Balaban J connectivity index is 2.03. The number of fused-ring (bicyclic) bond motifs is 1. The van der Waals surface area contributed by atoms with Crippen molar-refractivity contribution in [1.29, 1.82) is 0 Å². The van der Waals surface area contributed by atoms with E-state index in [4.69, 9.17) is 44.5 Å². The molecule has 3 aromatic rings. The van der Waals surface area contributed by atoms with Crippen LogP contribution in [0.15, 0.2) is 54.6 Å². The fourth-order valence-corrected chi connectivity index (χ4v) is 4.69. The van der Waals surface area contributed by atoms with Crippen molar-refractivity contribution in [1.82, 2.24) is 4.98 Å². The minimum absolute atomic E-state index is 0.371. The molecule has 4 rings (SSSR count). The quantitative estimate of drug-likeness (QED) is 0.383. The van der Waals surface area contributed by atoms with E-state index in [1.165, 1.54) is 0 Å². The van der Waals surface area contributed by atoms with Crippen molar-refractivity contribution in [3.63, 3.8) is 0 Å². The summed E-state index contributed by atoms with van der Waals surface area (Å²) in [6, 6.07) is 14.5. The third kappa shape index (κ3) is 4.74. The van der Waals surface area contributed by atoms with Gasteiger partial charge in [0.05, 0.1) is 16.6 Å². The van der Waals surface area contributed by atoms with Crippen LogP contribution >= 0.6 is 34.8 Å². The van der Waals surface area contributed by atoms with Crippen LogP contribution in [-0.2, 0) is 4.79 Å². The number of carboxylic acids is 1. The molecule has 0 amide bonds. The number of aromatic nitrogens is 1. The number of aliphatic carboxylic acids is 1.